The van der Waals surface area contributed by atoms with Gasteiger partial charge in [-0.1, -0.05) is 0 Å². The monoisotopic (exact) mass is 239 g/mol. The van der Waals surface area contributed by atoms with Crippen molar-refractivity contribution in [2.24, 2.45) is 0 Å². The van der Waals surface area contributed by atoms with Crippen molar-refractivity contribution in [1.82, 2.24) is 0 Å². The summed E-state index contributed by atoms with van der Waals surface area (Å²) >= 11 is 3.12. The molecule has 66 valence electrons. The van der Waals surface area contributed by atoms with E-state index in [0.29, 0.717) is 10.0 Å². The highest BCUT2D eigenvalue weighted by Crippen LogP contribution is 2.26. The molecule has 0 saturated heterocycles. The van der Waals surface area contributed by atoms with E-state index in [9.17, 15) is 9.90 Å². The number of halogens is 1. The van der Waals surface area contributed by atoms with Crippen LogP contribution in [0.4, 0.5) is 0 Å². The molecular formula is C9H6BrNO2. The predicted octanol–water partition coefficient (Wildman–Crippen LogP) is 2.23. The highest BCUT2D eigenvalue weighted by Gasteiger charge is 2.10. The summed E-state index contributed by atoms with van der Waals surface area (Å²) in [6, 6.07) is 4.59. The van der Waals surface area contributed by atoms with Gasteiger partial charge in [0.25, 0.3) is 0 Å². The summed E-state index contributed by atoms with van der Waals surface area (Å²) in [5, 5.41) is 17.9. The second-order valence-corrected chi connectivity index (χ2v) is 3.37. The van der Waals surface area contributed by atoms with Gasteiger partial charge < -0.3 is 5.11 Å². The summed E-state index contributed by atoms with van der Waals surface area (Å²) in [7, 11) is 0. The van der Waals surface area contributed by atoms with Crippen LogP contribution in [0.1, 0.15) is 22.8 Å². The van der Waals surface area contributed by atoms with E-state index in [1.807, 2.05) is 6.07 Å². The van der Waals surface area contributed by atoms with Crippen molar-refractivity contribution in [2.45, 2.75) is 6.92 Å². The lowest BCUT2D eigenvalue weighted by Crippen LogP contribution is -1.93. The fourth-order valence-electron chi connectivity index (χ4n) is 0.929. The third-order valence-corrected chi connectivity index (χ3v) is 2.24. The average molecular weight is 240 g/mol. The Morgan fingerprint density at radius 3 is 2.69 bits per heavy atom. The molecule has 0 aliphatic rings. The SMILES string of the molecule is CC(=O)c1cc(Br)c(C#N)cc1O. The van der Waals surface area contributed by atoms with E-state index >= 15 is 0 Å². The number of phenolic OH excluding ortho intramolecular Hbond substituents is 1. The Labute approximate surface area is 83.7 Å². The molecule has 0 bridgehead atoms. The molecule has 13 heavy (non-hydrogen) atoms. The standard InChI is InChI=1S/C9H6BrNO2/c1-5(12)7-3-8(10)6(4-11)2-9(7)13/h2-3,13H,1H3. The van der Waals surface area contributed by atoms with E-state index in [1.165, 1.54) is 19.1 Å². The first kappa shape index (κ1) is 9.75. The molecule has 0 heterocycles. The van der Waals surface area contributed by atoms with Crippen molar-refractivity contribution in [2.75, 3.05) is 0 Å². The zero-order valence-corrected chi connectivity index (χ0v) is 8.42. The Bertz CT molecular complexity index is 407. The van der Waals surface area contributed by atoms with Crippen molar-refractivity contribution >= 4 is 21.7 Å². The molecule has 1 aromatic rings. The summed E-state index contributed by atoms with van der Waals surface area (Å²) in [5.41, 5.74) is 0.522. The molecule has 0 saturated carbocycles. The molecule has 0 radical (unpaired) electrons. The van der Waals surface area contributed by atoms with Gasteiger partial charge in [-0.3, -0.25) is 4.79 Å². The third kappa shape index (κ3) is 1.87. The number of hydrogen-bond acceptors (Lipinski definition) is 3. The molecular weight excluding hydrogens is 234 g/mol. The van der Waals surface area contributed by atoms with Crippen LogP contribution in [-0.4, -0.2) is 10.9 Å². The van der Waals surface area contributed by atoms with E-state index in [2.05, 4.69) is 15.9 Å². The maximum Gasteiger partial charge on any atom is 0.163 e. The Morgan fingerprint density at radius 1 is 1.62 bits per heavy atom. The highest BCUT2D eigenvalue weighted by atomic mass is 79.9. The first-order valence-electron chi connectivity index (χ1n) is 3.50. The van der Waals surface area contributed by atoms with Crippen LogP contribution in [0.25, 0.3) is 0 Å². The molecule has 4 heteroatoms. The molecule has 0 atom stereocenters. The maximum atomic E-state index is 11.0. The summed E-state index contributed by atoms with van der Waals surface area (Å²) in [6.45, 7) is 1.35. The first-order valence-corrected chi connectivity index (χ1v) is 4.29. The molecule has 0 spiro atoms. The minimum atomic E-state index is -0.234. The summed E-state index contributed by atoms with van der Waals surface area (Å²) in [4.78, 5) is 11.0. The van der Waals surface area contributed by atoms with Crippen LogP contribution in [0.2, 0.25) is 0 Å². The van der Waals surface area contributed by atoms with Gasteiger partial charge in [-0.15, -0.1) is 0 Å². The number of nitrogens with zero attached hydrogens (tertiary/aromatic N) is 1. The van der Waals surface area contributed by atoms with Crippen molar-refractivity contribution in [3.05, 3.63) is 27.7 Å². The van der Waals surface area contributed by atoms with Crippen LogP contribution in [-0.2, 0) is 0 Å². The number of nitriles is 1. The lowest BCUT2D eigenvalue weighted by Gasteiger charge is -2.02. The number of rotatable bonds is 1. The zero-order chi connectivity index (χ0) is 10.0. The average Bonchev–Trinajstić information content (AvgIpc) is 2.07. The van der Waals surface area contributed by atoms with E-state index in [1.54, 1.807) is 0 Å². The lowest BCUT2D eigenvalue weighted by molar-refractivity contribution is 0.101. The van der Waals surface area contributed by atoms with E-state index in [4.69, 9.17) is 5.26 Å². The minimum Gasteiger partial charge on any atom is -0.507 e. The molecule has 0 aliphatic carbocycles. The van der Waals surface area contributed by atoms with Crippen LogP contribution in [0.3, 0.4) is 0 Å². The van der Waals surface area contributed by atoms with Crippen molar-refractivity contribution in [3.8, 4) is 11.8 Å². The van der Waals surface area contributed by atoms with E-state index in [0.717, 1.165) is 0 Å². The minimum absolute atomic E-state index is 0.160. The van der Waals surface area contributed by atoms with Gasteiger partial charge in [0, 0.05) is 4.47 Å². The molecule has 1 aromatic carbocycles. The van der Waals surface area contributed by atoms with Crippen molar-refractivity contribution in [1.29, 1.82) is 5.26 Å². The van der Waals surface area contributed by atoms with Gasteiger partial charge in [0.1, 0.15) is 11.8 Å². The first-order chi connectivity index (χ1) is 6.06. The summed E-state index contributed by atoms with van der Waals surface area (Å²) in [5.74, 6) is -0.394. The highest BCUT2D eigenvalue weighted by molar-refractivity contribution is 9.10. The molecule has 1 rings (SSSR count). The van der Waals surface area contributed by atoms with Crippen LogP contribution >= 0.6 is 15.9 Å². The fraction of sp³-hybridized carbons (Fsp3) is 0.111. The van der Waals surface area contributed by atoms with Gasteiger partial charge in [0.2, 0.25) is 0 Å². The number of carbonyl (C=O) groups is 1. The molecule has 1 N–H and O–H groups in total. The second-order valence-electron chi connectivity index (χ2n) is 2.52. The van der Waals surface area contributed by atoms with Gasteiger partial charge in [-0.25, -0.2) is 0 Å². The Hall–Kier alpha value is -1.34. The number of phenols is 1. The lowest BCUT2D eigenvalue weighted by atomic mass is 10.1. The molecule has 0 aliphatic heterocycles. The molecule has 0 unspecified atom stereocenters. The van der Waals surface area contributed by atoms with Crippen molar-refractivity contribution in [3.63, 3.8) is 0 Å². The normalized spacial score (nSPS) is 9.31. The van der Waals surface area contributed by atoms with Crippen molar-refractivity contribution < 1.29 is 9.90 Å². The zero-order valence-electron chi connectivity index (χ0n) is 6.84. The molecule has 0 fully saturated rings. The van der Waals surface area contributed by atoms with Crippen LogP contribution in [0, 0.1) is 11.3 Å². The quantitative estimate of drug-likeness (QED) is 0.765. The summed E-state index contributed by atoms with van der Waals surface area (Å²) < 4.78 is 0.512. The van der Waals surface area contributed by atoms with Crippen LogP contribution in [0.15, 0.2) is 16.6 Å². The van der Waals surface area contributed by atoms with Gasteiger partial charge in [-0.05, 0) is 35.0 Å². The number of hydrogen-bond donors (Lipinski definition) is 1. The van der Waals surface area contributed by atoms with E-state index in [-0.39, 0.29) is 17.1 Å². The van der Waals surface area contributed by atoms with Crippen LogP contribution in [0.5, 0.6) is 5.75 Å². The van der Waals surface area contributed by atoms with E-state index < -0.39 is 0 Å². The molecule has 0 amide bonds. The van der Waals surface area contributed by atoms with Gasteiger partial charge >= 0.3 is 0 Å². The Balaban J connectivity index is 3.39. The second kappa shape index (κ2) is 3.58. The van der Waals surface area contributed by atoms with Gasteiger partial charge in [-0.2, -0.15) is 5.26 Å². The number of aromatic hydroxyl groups is 1. The number of carbonyl (C=O) groups excluding carboxylic acids is 1. The fourth-order valence-corrected chi connectivity index (χ4v) is 1.36. The maximum absolute atomic E-state index is 11.0. The number of benzene rings is 1. The Morgan fingerprint density at radius 2 is 2.23 bits per heavy atom. The molecule has 3 nitrogen and oxygen atoms in total. The third-order valence-electron chi connectivity index (χ3n) is 1.59. The van der Waals surface area contributed by atoms with Crippen LogP contribution < -0.4 is 0 Å². The Kier molecular flexibility index (Phi) is 2.69. The summed E-state index contributed by atoms with van der Waals surface area (Å²) in [6.07, 6.45) is 0. The largest absolute Gasteiger partial charge is 0.507 e. The predicted molar refractivity (Wildman–Crippen MR) is 50.5 cm³/mol. The smallest absolute Gasteiger partial charge is 0.163 e. The number of Topliss-reactive ketones (excluding diaryl/α,β-unsaturated/α-hetero) is 1. The molecule has 0 aromatic heterocycles. The number of ketones is 1. The van der Waals surface area contributed by atoms with Gasteiger partial charge in [0.05, 0.1) is 11.1 Å². The van der Waals surface area contributed by atoms with Gasteiger partial charge in [0.15, 0.2) is 5.78 Å². The topological polar surface area (TPSA) is 61.1 Å².